The summed E-state index contributed by atoms with van der Waals surface area (Å²) in [6, 6.07) is 0. The van der Waals surface area contributed by atoms with Gasteiger partial charge < -0.3 is 0 Å². The number of hydrogen-bond acceptors (Lipinski definition) is 3. The van der Waals surface area contributed by atoms with Gasteiger partial charge in [-0.15, -0.1) is 0 Å². The summed E-state index contributed by atoms with van der Waals surface area (Å²) in [7, 11) is -4.22. The van der Waals surface area contributed by atoms with Crippen LogP contribution in [0.1, 0.15) is 13.3 Å². The summed E-state index contributed by atoms with van der Waals surface area (Å²) in [5.74, 6) is 0. The summed E-state index contributed by atoms with van der Waals surface area (Å²) in [6.07, 6.45) is 2.06. The maximum atomic E-state index is 9.11. The van der Waals surface area contributed by atoms with Gasteiger partial charge in [-0.1, -0.05) is 0 Å². The molecule has 62 valence electrons. The van der Waals surface area contributed by atoms with E-state index < -0.39 is 7.28 Å². The number of allylic oxidation sites excluding steroid dienone is 1. The van der Waals surface area contributed by atoms with E-state index in [0.29, 0.717) is 6.42 Å². The Balaban J connectivity index is 3.95. The second kappa shape index (κ2) is 2.97. The van der Waals surface area contributed by atoms with Gasteiger partial charge in [-0.05, 0) is 0 Å². The van der Waals surface area contributed by atoms with Crippen molar-refractivity contribution in [3.05, 3.63) is 12.7 Å². The zero-order valence-electron chi connectivity index (χ0n) is 6.19. The van der Waals surface area contributed by atoms with Gasteiger partial charge in [0, 0.05) is 0 Å². The summed E-state index contributed by atoms with van der Waals surface area (Å²) >= 11 is 0. The first-order valence-electron chi connectivity index (χ1n) is 3.26. The molecule has 0 amide bonds. The molecule has 4 heteroatoms. The van der Waals surface area contributed by atoms with Crippen molar-refractivity contribution in [3.63, 3.8) is 0 Å². The molecule has 0 spiro atoms. The van der Waals surface area contributed by atoms with E-state index in [0.717, 1.165) is 0 Å². The molecule has 0 saturated carbocycles. The van der Waals surface area contributed by atoms with Crippen molar-refractivity contribution < 1.29 is 14.7 Å². The molecule has 0 aliphatic rings. The zero-order chi connectivity index (χ0) is 8.28. The van der Waals surface area contributed by atoms with Crippen LogP contribution < -0.4 is 0 Å². The Bertz CT molecular complexity index is 125. The fourth-order valence-corrected chi connectivity index (χ4v) is 1.54. The molecule has 10 heavy (non-hydrogen) atoms. The van der Waals surface area contributed by atoms with E-state index in [1.165, 1.54) is 0 Å². The summed E-state index contributed by atoms with van der Waals surface area (Å²) < 4.78 is 0. The molecule has 0 heterocycles. The number of rotatable bonds is 4. The van der Waals surface area contributed by atoms with Crippen LogP contribution in [0.15, 0.2) is 12.7 Å². The average Bonchev–Trinajstić information content (AvgIpc) is 1.84. The molecule has 0 aromatic rings. The molecule has 3 nitrogen and oxygen atoms in total. The Labute approximate surface area is 61.2 Å². The zero-order valence-corrected chi connectivity index (χ0v) is 7.09. The molecule has 0 bridgehead atoms. The third kappa shape index (κ3) is 3.96. The first-order chi connectivity index (χ1) is 4.39. The van der Waals surface area contributed by atoms with E-state index in [1.807, 2.05) is 0 Å². The Morgan fingerprint density at radius 2 is 1.90 bits per heavy atom. The van der Waals surface area contributed by atoms with Crippen LogP contribution in [-0.4, -0.2) is 27.0 Å². The second-order valence-electron chi connectivity index (χ2n) is 2.46. The minimum absolute atomic E-state index is 0.0272. The van der Waals surface area contributed by atoms with Crippen LogP contribution in [0.2, 0.25) is 0 Å². The fraction of sp³-hybridized carbons (Fsp3) is 0.667. The van der Waals surface area contributed by atoms with Crippen LogP contribution >= 0.6 is 7.28 Å². The van der Waals surface area contributed by atoms with Crippen molar-refractivity contribution in [2.24, 2.45) is 0 Å². The van der Waals surface area contributed by atoms with Gasteiger partial charge in [0.25, 0.3) is 0 Å². The van der Waals surface area contributed by atoms with Gasteiger partial charge in [0.2, 0.25) is 0 Å². The molecule has 3 N–H and O–H groups in total. The van der Waals surface area contributed by atoms with Gasteiger partial charge in [-0.2, -0.15) is 0 Å². The molecule has 0 radical (unpaired) electrons. The molecule has 0 aliphatic heterocycles. The first kappa shape index (κ1) is 10.0. The topological polar surface area (TPSA) is 60.7 Å². The summed E-state index contributed by atoms with van der Waals surface area (Å²) in [5, 5.41) is 0. The van der Waals surface area contributed by atoms with Crippen molar-refractivity contribution in [2.75, 3.05) is 12.3 Å². The number of hydrogen-bond donors (Lipinski definition) is 3. The van der Waals surface area contributed by atoms with Gasteiger partial charge >= 0.3 is 60.3 Å². The van der Waals surface area contributed by atoms with E-state index in [1.54, 1.807) is 13.0 Å². The van der Waals surface area contributed by atoms with Crippen molar-refractivity contribution in [1.29, 1.82) is 0 Å². The molecule has 0 saturated heterocycles. The van der Waals surface area contributed by atoms with Crippen LogP contribution in [0.5, 0.6) is 0 Å². The summed E-state index contributed by atoms with van der Waals surface area (Å²) in [6.45, 7) is 4.97. The minimum atomic E-state index is -4.22. The van der Waals surface area contributed by atoms with E-state index >= 15 is 0 Å². The van der Waals surface area contributed by atoms with E-state index in [-0.39, 0.29) is 12.3 Å². The molecule has 0 fully saturated rings. The maximum absolute atomic E-state index is 9.11. The Kier molecular flexibility index (Phi) is 2.99. The van der Waals surface area contributed by atoms with E-state index in [4.69, 9.17) is 14.7 Å². The van der Waals surface area contributed by atoms with Crippen LogP contribution in [0, 0.1) is 0 Å². The van der Waals surface area contributed by atoms with Crippen molar-refractivity contribution in [2.45, 2.75) is 13.3 Å². The van der Waals surface area contributed by atoms with E-state index in [2.05, 4.69) is 6.58 Å². The Morgan fingerprint density at radius 3 is 2.20 bits per heavy atom. The van der Waals surface area contributed by atoms with Crippen molar-refractivity contribution >= 4 is 7.28 Å². The molecule has 0 aromatic carbocycles. The Morgan fingerprint density at radius 1 is 1.40 bits per heavy atom. The van der Waals surface area contributed by atoms with Crippen LogP contribution in [0.25, 0.3) is 0 Å². The molecular weight excluding hydrogens is 151 g/mol. The van der Waals surface area contributed by atoms with Crippen LogP contribution in [0.4, 0.5) is 0 Å². The molecule has 0 aliphatic carbocycles. The molecule has 0 unspecified atom stereocenters. The van der Waals surface area contributed by atoms with Gasteiger partial charge in [0.05, 0.1) is 0 Å². The summed E-state index contributed by atoms with van der Waals surface area (Å²) in [4.78, 5) is 27.3. The molecule has 0 atom stereocenters. The van der Waals surface area contributed by atoms with Gasteiger partial charge in [0.1, 0.15) is 0 Å². The Hall–Kier alpha value is 0.0500. The van der Waals surface area contributed by atoms with Gasteiger partial charge in [-0.25, -0.2) is 0 Å². The predicted octanol–water partition coefficient (Wildman–Crippen LogP) is 0.858. The first-order valence-corrected chi connectivity index (χ1v) is 5.72. The SMILES string of the molecule is C=CCCP(O)(O)(O)CC. The second-order valence-corrected chi connectivity index (χ2v) is 6.22. The third-order valence-electron chi connectivity index (χ3n) is 1.44. The molecule has 0 aromatic heterocycles. The van der Waals surface area contributed by atoms with Crippen molar-refractivity contribution in [3.8, 4) is 0 Å². The molecule has 0 rings (SSSR count). The van der Waals surface area contributed by atoms with Crippen molar-refractivity contribution in [1.82, 2.24) is 0 Å². The average molecular weight is 166 g/mol. The monoisotopic (exact) mass is 166 g/mol. The predicted molar refractivity (Wildman–Crippen MR) is 43.8 cm³/mol. The third-order valence-corrected chi connectivity index (χ3v) is 3.91. The van der Waals surface area contributed by atoms with Crippen LogP contribution in [0.3, 0.4) is 0 Å². The van der Waals surface area contributed by atoms with Gasteiger partial charge in [-0.3, -0.25) is 0 Å². The summed E-state index contributed by atoms with van der Waals surface area (Å²) in [5.41, 5.74) is 0. The molecular formula is C6H15O3P. The standard InChI is InChI=1S/C6H15O3P/c1-3-5-6-10(7,8,9)4-2/h3,7-9H,1,4-6H2,2H3. The normalized spacial score (nSPS) is 15.8. The fourth-order valence-electron chi connectivity index (χ4n) is 0.514. The van der Waals surface area contributed by atoms with Crippen LogP contribution in [-0.2, 0) is 0 Å². The van der Waals surface area contributed by atoms with E-state index in [9.17, 15) is 0 Å². The van der Waals surface area contributed by atoms with Gasteiger partial charge in [0.15, 0.2) is 0 Å². The quantitative estimate of drug-likeness (QED) is 0.428.